The van der Waals surface area contributed by atoms with Gasteiger partial charge >= 0.3 is 0 Å². The number of rotatable bonds is 0. The summed E-state index contributed by atoms with van der Waals surface area (Å²) in [5.41, 5.74) is 0. The van der Waals surface area contributed by atoms with Crippen LogP contribution in [0, 0.1) is 0 Å². The molecule has 0 aromatic carbocycles. The molecule has 1 atom stereocenters. The van der Waals surface area contributed by atoms with Crippen LogP contribution < -0.4 is 5.14 Å². The molecule has 1 aliphatic heterocycles. The van der Waals surface area contributed by atoms with E-state index in [1.807, 2.05) is 0 Å². The Morgan fingerprint density at radius 1 is 1.67 bits per heavy atom. The fraction of sp³-hybridized carbons (Fsp3) is 0.750. The van der Waals surface area contributed by atoms with Crippen LogP contribution in [-0.4, -0.2) is 11.1 Å². The molecule has 0 aromatic rings. The SMILES string of the molecule is NS1=CCCC1. The molecule has 0 aliphatic carbocycles. The van der Waals surface area contributed by atoms with Crippen LogP contribution in [0.3, 0.4) is 0 Å². The topological polar surface area (TPSA) is 26.0 Å². The van der Waals surface area contributed by atoms with E-state index in [4.69, 9.17) is 5.14 Å². The van der Waals surface area contributed by atoms with Crippen LogP contribution in [0.2, 0.25) is 0 Å². The predicted molar refractivity (Wildman–Crippen MR) is 31.9 cm³/mol. The molecule has 1 rings (SSSR count). The van der Waals surface area contributed by atoms with Crippen molar-refractivity contribution in [1.82, 2.24) is 0 Å². The Morgan fingerprint density at radius 2 is 2.50 bits per heavy atom. The molecule has 0 fully saturated rings. The molecule has 0 radical (unpaired) electrons. The smallest absolute Gasteiger partial charge is 0.00133 e. The van der Waals surface area contributed by atoms with Gasteiger partial charge in [0.05, 0.1) is 0 Å². The molecule has 0 saturated carbocycles. The Labute approximate surface area is 40.6 Å². The average Bonchev–Trinajstić information content (AvgIpc) is 1.86. The maximum Gasteiger partial charge on any atom is 0.00133 e. The summed E-state index contributed by atoms with van der Waals surface area (Å²) in [6, 6.07) is 0. The number of hydrogen-bond donors (Lipinski definition) is 1. The quantitative estimate of drug-likeness (QED) is 0.449. The molecule has 6 heavy (non-hydrogen) atoms. The molecule has 1 nitrogen and oxygen atoms in total. The van der Waals surface area contributed by atoms with Crippen molar-refractivity contribution in [1.29, 1.82) is 0 Å². The molecule has 0 saturated heterocycles. The third kappa shape index (κ3) is 0.820. The Bertz CT molecular complexity index is 77.6. The van der Waals surface area contributed by atoms with Gasteiger partial charge in [-0.2, -0.15) is 0 Å². The minimum absolute atomic E-state index is 0.202. The van der Waals surface area contributed by atoms with Crippen LogP contribution >= 0.6 is 10.7 Å². The largest absolute Gasteiger partial charge is 0.284 e. The van der Waals surface area contributed by atoms with E-state index in [-0.39, 0.29) is 10.7 Å². The van der Waals surface area contributed by atoms with E-state index < -0.39 is 0 Å². The third-order valence-electron chi connectivity index (χ3n) is 0.916. The third-order valence-corrected chi connectivity index (χ3v) is 2.34. The van der Waals surface area contributed by atoms with Crippen LogP contribution in [0.1, 0.15) is 12.8 Å². The maximum atomic E-state index is 5.51. The molecule has 1 unspecified atom stereocenters. The van der Waals surface area contributed by atoms with Gasteiger partial charge in [-0.15, -0.1) is 10.7 Å². The zero-order chi connectivity index (χ0) is 4.41. The second-order valence-corrected chi connectivity index (χ2v) is 3.16. The van der Waals surface area contributed by atoms with Gasteiger partial charge in [0.1, 0.15) is 0 Å². The minimum atomic E-state index is 0.202. The van der Waals surface area contributed by atoms with Gasteiger partial charge in [0.25, 0.3) is 0 Å². The van der Waals surface area contributed by atoms with Crippen LogP contribution in [0.5, 0.6) is 0 Å². The van der Waals surface area contributed by atoms with Crippen LogP contribution in [-0.2, 0) is 0 Å². The van der Waals surface area contributed by atoms with E-state index in [1.165, 1.54) is 18.6 Å². The maximum absolute atomic E-state index is 5.51. The van der Waals surface area contributed by atoms with Crippen molar-refractivity contribution in [3.8, 4) is 0 Å². The lowest BCUT2D eigenvalue weighted by Gasteiger charge is -1.84. The summed E-state index contributed by atoms with van der Waals surface area (Å²) in [5.74, 6) is 1.24. The first kappa shape index (κ1) is 4.34. The molecule has 0 spiro atoms. The first-order valence-electron chi connectivity index (χ1n) is 2.17. The lowest BCUT2D eigenvalue weighted by Crippen LogP contribution is -1.82. The van der Waals surface area contributed by atoms with E-state index in [9.17, 15) is 0 Å². The van der Waals surface area contributed by atoms with E-state index in [1.54, 1.807) is 0 Å². The summed E-state index contributed by atoms with van der Waals surface area (Å²) in [7, 11) is 0.202. The Morgan fingerprint density at radius 3 is 2.67 bits per heavy atom. The van der Waals surface area contributed by atoms with Crippen molar-refractivity contribution in [3.63, 3.8) is 0 Å². The van der Waals surface area contributed by atoms with Gasteiger partial charge in [-0.25, -0.2) is 0 Å². The van der Waals surface area contributed by atoms with Gasteiger partial charge in [0.2, 0.25) is 0 Å². The molecule has 0 aromatic heterocycles. The predicted octanol–water partition coefficient (Wildman–Crippen LogP) is 0.725. The summed E-state index contributed by atoms with van der Waals surface area (Å²) in [6.07, 6.45) is 2.57. The highest BCUT2D eigenvalue weighted by atomic mass is 32.2. The lowest BCUT2D eigenvalue weighted by molar-refractivity contribution is 1.05. The van der Waals surface area contributed by atoms with E-state index in [2.05, 4.69) is 5.37 Å². The normalized spacial score (nSPS) is 33.2. The highest BCUT2D eigenvalue weighted by Crippen LogP contribution is 2.11. The first-order valence-corrected chi connectivity index (χ1v) is 3.69. The summed E-state index contributed by atoms with van der Waals surface area (Å²) in [5, 5.41) is 7.72. The molecular formula is C4H9NS. The van der Waals surface area contributed by atoms with E-state index in [0.717, 1.165) is 0 Å². The van der Waals surface area contributed by atoms with Gasteiger partial charge < -0.3 is 0 Å². The van der Waals surface area contributed by atoms with Crippen molar-refractivity contribution in [2.75, 3.05) is 5.75 Å². The van der Waals surface area contributed by atoms with Gasteiger partial charge in [-0.05, 0) is 18.2 Å². The summed E-state index contributed by atoms with van der Waals surface area (Å²) < 4.78 is 0. The Kier molecular flexibility index (Phi) is 1.27. The van der Waals surface area contributed by atoms with Gasteiger partial charge in [0.15, 0.2) is 0 Å². The molecule has 0 bridgehead atoms. The molecular weight excluding hydrogens is 94.1 g/mol. The molecule has 0 amide bonds. The summed E-state index contributed by atoms with van der Waals surface area (Å²) in [4.78, 5) is 0. The fourth-order valence-electron chi connectivity index (χ4n) is 0.568. The zero-order valence-corrected chi connectivity index (χ0v) is 4.50. The van der Waals surface area contributed by atoms with Gasteiger partial charge in [0, 0.05) is 5.75 Å². The highest BCUT2D eigenvalue weighted by Gasteiger charge is 1.94. The number of nitrogens with two attached hydrogens (primary N) is 1. The van der Waals surface area contributed by atoms with E-state index in [0.29, 0.717) is 0 Å². The summed E-state index contributed by atoms with van der Waals surface area (Å²) in [6.45, 7) is 0. The second kappa shape index (κ2) is 1.76. The van der Waals surface area contributed by atoms with Crippen LogP contribution in [0.4, 0.5) is 0 Å². The average molecular weight is 103 g/mol. The van der Waals surface area contributed by atoms with Crippen molar-refractivity contribution in [2.24, 2.45) is 5.14 Å². The number of hydrogen-bond acceptors (Lipinski definition) is 1. The van der Waals surface area contributed by atoms with Crippen molar-refractivity contribution in [2.45, 2.75) is 12.8 Å². The summed E-state index contributed by atoms with van der Waals surface area (Å²) >= 11 is 0. The van der Waals surface area contributed by atoms with Crippen LogP contribution in [0.15, 0.2) is 0 Å². The van der Waals surface area contributed by atoms with Gasteiger partial charge in [-0.1, -0.05) is 0 Å². The van der Waals surface area contributed by atoms with Crippen molar-refractivity contribution < 1.29 is 0 Å². The van der Waals surface area contributed by atoms with E-state index >= 15 is 0 Å². The zero-order valence-electron chi connectivity index (χ0n) is 3.68. The minimum Gasteiger partial charge on any atom is -0.284 e. The van der Waals surface area contributed by atoms with Crippen molar-refractivity contribution in [3.05, 3.63) is 0 Å². The van der Waals surface area contributed by atoms with Gasteiger partial charge in [-0.3, -0.25) is 5.14 Å². The molecule has 1 heterocycles. The lowest BCUT2D eigenvalue weighted by atomic mass is 10.4. The Hall–Kier alpha value is 0.180. The van der Waals surface area contributed by atoms with Crippen LogP contribution in [0.25, 0.3) is 0 Å². The highest BCUT2D eigenvalue weighted by molar-refractivity contribution is 8.13. The molecule has 2 N–H and O–H groups in total. The first-order chi connectivity index (χ1) is 2.89. The fourth-order valence-corrected chi connectivity index (χ4v) is 1.70. The van der Waals surface area contributed by atoms with Crippen molar-refractivity contribution >= 4 is 16.0 Å². The molecule has 2 heteroatoms. The Balaban J connectivity index is 2.45. The molecule has 36 valence electrons. The molecule has 1 aliphatic rings. The monoisotopic (exact) mass is 103 g/mol. The second-order valence-electron chi connectivity index (χ2n) is 1.48. The standard InChI is InChI=1S/C4H9NS/c5-6-3-1-2-4-6/h3H,1-2,4-5H2.